The molecular weight excluding hydrogens is 840 g/mol. The largest absolute Gasteiger partial charge is 0.456 e. The Bertz CT molecular complexity index is 4170. The molecule has 0 amide bonds. The Hall–Kier alpha value is -6.34. The van der Waals surface area contributed by atoms with Gasteiger partial charge in [-0.05, 0) is 123 Å². The van der Waals surface area contributed by atoms with Gasteiger partial charge in [-0.25, -0.2) is 0 Å². The van der Waals surface area contributed by atoms with Crippen LogP contribution in [0.4, 0.5) is 11.4 Å². The van der Waals surface area contributed by atoms with Crippen molar-refractivity contribution in [2.75, 3.05) is 4.81 Å². The summed E-state index contributed by atoms with van der Waals surface area (Å²) in [5.41, 5.74) is 18.0. The highest BCUT2D eigenvalue weighted by Gasteiger charge is 2.47. The van der Waals surface area contributed by atoms with Crippen molar-refractivity contribution in [1.82, 2.24) is 4.57 Å². The van der Waals surface area contributed by atoms with Crippen molar-refractivity contribution in [1.29, 1.82) is 0 Å². The summed E-state index contributed by atoms with van der Waals surface area (Å²) in [6.45, 7) is 16.7. The minimum absolute atomic E-state index is 0.0270. The van der Waals surface area contributed by atoms with E-state index in [1.807, 2.05) is 22.7 Å². The van der Waals surface area contributed by atoms with Gasteiger partial charge in [0, 0.05) is 90.1 Å². The summed E-state index contributed by atoms with van der Waals surface area (Å²) in [6.07, 6.45) is 2.34. The highest BCUT2D eigenvalue weighted by atomic mass is 32.1. The zero-order chi connectivity index (χ0) is 44.3. The van der Waals surface area contributed by atoms with Gasteiger partial charge in [0.25, 0.3) is 0 Å². The van der Waals surface area contributed by atoms with E-state index in [2.05, 4.69) is 191 Å². The van der Waals surface area contributed by atoms with Crippen LogP contribution in [0.25, 0.3) is 101 Å². The van der Waals surface area contributed by atoms with E-state index in [0.29, 0.717) is 0 Å². The fourth-order valence-corrected chi connectivity index (χ4v) is 15.1. The van der Waals surface area contributed by atoms with Gasteiger partial charge in [0.2, 0.25) is 0 Å². The van der Waals surface area contributed by atoms with Crippen LogP contribution in [0.2, 0.25) is 0 Å². The quantitative estimate of drug-likeness (QED) is 0.153. The van der Waals surface area contributed by atoms with Crippen molar-refractivity contribution in [2.45, 2.75) is 77.6 Å². The molecule has 0 atom stereocenters. The molecule has 12 aromatic rings. The number of benzene rings is 8. The lowest BCUT2D eigenvalue weighted by atomic mass is 9.44. The van der Waals surface area contributed by atoms with Crippen LogP contribution >= 0.6 is 22.7 Å². The Morgan fingerprint density at radius 1 is 0.576 bits per heavy atom. The molecule has 0 radical (unpaired) electrons. The number of thiophene rings is 2. The minimum atomic E-state index is -0.139. The maximum atomic E-state index is 6.86. The van der Waals surface area contributed by atoms with Crippen LogP contribution in [0.1, 0.15) is 78.0 Å². The van der Waals surface area contributed by atoms with E-state index >= 15 is 0 Å². The first-order valence-corrected chi connectivity index (χ1v) is 25.3. The van der Waals surface area contributed by atoms with Crippen molar-refractivity contribution in [2.24, 2.45) is 0 Å². The van der Waals surface area contributed by atoms with E-state index in [0.717, 1.165) is 21.9 Å². The second-order valence-electron chi connectivity index (χ2n) is 21.9. The molecule has 0 fully saturated rings. The zero-order valence-electron chi connectivity index (χ0n) is 38.3. The van der Waals surface area contributed by atoms with Gasteiger partial charge in [0.05, 0.1) is 11.0 Å². The van der Waals surface area contributed by atoms with Gasteiger partial charge in [-0.1, -0.05) is 115 Å². The molecule has 6 heterocycles. The fourth-order valence-electron chi connectivity index (χ4n) is 12.7. The Kier molecular flexibility index (Phi) is 7.08. The number of fused-ring (bicyclic) bond motifs is 20. The summed E-state index contributed by atoms with van der Waals surface area (Å²) in [5, 5.41) is 10.4. The van der Waals surface area contributed by atoms with Gasteiger partial charge < -0.3 is 13.8 Å². The van der Waals surface area contributed by atoms with Gasteiger partial charge >= 0.3 is 6.85 Å². The van der Waals surface area contributed by atoms with E-state index in [1.54, 1.807) is 0 Å². The van der Waals surface area contributed by atoms with Crippen molar-refractivity contribution in [3.8, 4) is 16.8 Å². The zero-order valence-corrected chi connectivity index (χ0v) is 39.9. The first kappa shape index (κ1) is 37.8. The third kappa shape index (κ3) is 4.74. The number of nitrogens with zero attached hydrogens (tertiary/aromatic N) is 2. The average molecular weight is 887 g/mol. The Morgan fingerprint density at radius 2 is 1.24 bits per heavy atom. The van der Waals surface area contributed by atoms with Gasteiger partial charge in [0.15, 0.2) is 0 Å². The number of rotatable bonds is 1. The maximum absolute atomic E-state index is 6.86. The number of aromatic nitrogens is 1. The molecule has 318 valence electrons. The Morgan fingerprint density at radius 3 is 2.00 bits per heavy atom. The van der Waals surface area contributed by atoms with Crippen LogP contribution < -0.4 is 15.7 Å². The van der Waals surface area contributed by atoms with Gasteiger partial charge in [-0.15, -0.1) is 22.7 Å². The molecule has 15 rings (SSSR count). The highest BCUT2D eigenvalue weighted by molar-refractivity contribution is 7.27. The van der Waals surface area contributed by atoms with Crippen LogP contribution in [0.5, 0.6) is 0 Å². The van der Waals surface area contributed by atoms with Crippen molar-refractivity contribution >= 4 is 136 Å². The Labute approximate surface area is 392 Å². The van der Waals surface area contributed by atoms with E-state index in [-0.39, 0.29) is 23.1 Å². The molecule has 66 heavy (non-hydrogen) atoms. The first-order chi connectivity index (χ1) is 31.8. The molecule has 1 aliphatic carbocycles. The smallest absolute Gasteiger partial charge is 0.333 e. The molecule has 0 unspecified atom stereocenters. The summed E-state index contributed by atoms with van der Waals surface area (Å²) in [4.78, 5) is 2.71. The van der Waals surface area contributed by atoms with Crippen molar-refractivity contribution in [3.05, 3.63) is 150 Å². The topological polar surface area (TPSA) is 21.3 Å². The second kappa shape index (κ2) is 12.4. The van der Waals surface area contributed by atoms with Crippen molar-refractivity contribution < 1.29 is 4.42 Å². The standard InChI is InChI=1S/C60H47BN2OS2/c1-58(2,3)32-20-22-33(23-21-32)63-45-28-38-35-15-9-12-18-49(35)65-51(38)29-40(45)54-55-56-52(53-36-16-10-13-19-50(36)66-57(53)54)39-26-41-42(60(6,7)25-24-59(41,4)5)30-44(39)62(56)46-27-37-34-14-8-11-17-47(34)64-48(37)31-43(46)61(55)63/h8-23,26-31H,24-25H2,1-7H3. The summed E-state index contributed by atoms with van der Waals surface area (Å²) in [5.74, 6) is 0. The molecule has 8 aromatic carbocycles. The lowest BCUT2D eigenvalue weighted by molar-refractivity contribution is 0.332. The molecule has 4 aromatic heterocycles. The number of furan rings is 1. The van der Waals surface area contributed by atoms with Crippen molar-refractivity contribution in [3.63, 3.8) is 0 Å². The molecule has 2 aliphatic heterocycles. The SMILES string of the molecule is CC(C)(C)c1ccc(N2B3c4cc5oc6ccccc6c5cc4-n4c5cc6c(cc5c5c7c(sc8ccccc87)c(c3c54)-c3cc4sc5ccccc5c4cc32)C(C)(C)CCC6(C)C)cc1. The third-order valence-corrected chi connectivity index (χ3v) is 18.5. The molecular formula is C60H47BN2OS2. The molecule has 6 heteroatoms. The molecule has 0 bridgehead atoms. The lowest BCUT2D eigenvalue weighted by Gasteiger charge is -2.42. The third-order valence-electron chi connectivity index (χ3n) is 16.2. The molecule has 0 spiro atoms. The summed E-state index contributed by atoms with van der Waals surface area (Å²) >= 11 is 3.90. The number of hydrogen-bond acceptors (Lipinski definition) is 4. The van der Waals surface area contributed by atoms with Crippen LogP contribution in [0.15, 0.2) is 138 Å². The van der Waals surface area contributed by atoms with Crippen LogP contribution in [0.3, 0.4) is 0 Å². The Balaban J connectivity index is 1.20. The monoisotopic (exact) mass is 886 g/mol. The first-order valence-electron chi connectivity index (χ1n) is 23.7. The molecule has 3 aliphatic rings. The predicted octanol–water partition coefficient (Wildman–Crippen LogP) is 16.3. The minimum Gasteiger partial charge on any atom is -0.456 e. The van der Waals surface area contributed by atoms with Gasteiger partial charge in [-0.2, -0.15) is 0 Å². The highest BCUT2D eigenvalue weighted by Crippen LogP contribution is 2.56. The molecule has 0 saturated carbocycles. The lowest BCUT2D eigenvalue weighted by Crippen LogP contribution is -2.60. The van der Waals surface area contributed by atoms with Crippen LogP contribution in [-0.4, -0.2) is 11.4 Å². The summed E-state index contributed by atoms with van der Waals surface area (Å²) in [6, 6.07) is 51.5. The van der Waals surface area contributed by atoms with Crippen LogP contribution in [0, 0.1) is 0 Å². The normalized spacial score (nSPS) is 16.2. The van der Waals surface area contributed by atoms with Crippen LogP contribution in [-0.2, 0) is 16.2 Å². The molecule has 3 nitrogen and oxygen atoms in total. The van der Waals surface area contributed by atoms with E-state index < -0.39 is 0 Å². The van der Waals surface area contributed by atoms with E-state index in [1.165, 1.54) is 131 Å². The molecule has 0 N–H and O–H groups in total. The second-order valence-corrected chi connectivity index (χ2v) is 24.0. The number of para-hydroxylation sites is 1. The van der Waals surface area contributed by atoms with E-state index in [9.17, 15) is 0 Å². The molecule has 0 saturated heterocycles. The van der Waals surface area contributed by atoms with E-state index in [4.69, 9.17) is 4.42 Å². The summed E-state index contributed by atoms with van der Waals surface area (Å²) < 4.78 is 15.0. The number of anilines is 2. The maximum Gasteiger partial charge on any atom is 0.333 e. The number of hydrogen-bond donors (Lipinski definition) is 0. The van der Waals surface area contributed by atoms with Gasteiger partial charge in [0.1, 0.15) is 11.2 Å². The predicted molar refractivity (Wildman–Crippen MR) is 287 cm³/mol. The average Bonchev–Trinajstić information content (AvgIpc) is 4.07. The van der Waals surface area contributed by atoms with Gasteiger partial charge in [-0.3, -0.25) is 0 Å². The summed E-state index contributed by atoms with van der Waals surface area (Å²) in [7, 11) is 0. The fraction of sp³-hybridized carbons (Fsp3) is 0.200.